The van der Waals surface area contributed by atoms with Gasteiger partial charge in [-0.1, -0.05) is 238 Å². The normalized spacial score (nSPS) is 12.1. The Balaban J connectivity index is 4.36. The van der Waals surface area contributed by atoms with Crippen LogP contribution in [0.3, 0.4) is 0 Å². The zero-order valence-electron chi connectivity index (χ0n) is 39.5. The fourth-order valence-electron chi connectivity index (χ4n) is 7.52. The van der Waals surface area contributed by atoms with Crippen LogP contribution in [-0.4, -0.2) is 37.2 Å². The molecule has 0 saturated carbocycles. The van der Waals surface area contributed by atoms with E-state index in [-0.39, 0.29) is 31.1 Å². The third kappa shape index (κ3) is 46.8. The van der Waals surface area contributed by atoms with E-state index in [1.165, 1.54) is 161 Å². The molecule has 0 aromatic carbocycles. The standard InChI is InChI=1S/C53H98O6/c1-4-7-10-13-16-19-22-25-28-31-34-37-40-43-46-52(55)58-49-50(48-57-51(54)45-42-39-36-33-30-27-24-21-18-15-12-9-6-3)59-53(56)47-44-41-38-35-32-29-26-23-20-17-14-11-8-5-2/h13,16,22,25,50H,4-12,14-15,17-21,23-24,26-49H2,1-3H3/b16-13-,25-22-. The lowest BCUT2D eigenvalue weighted by Gasteiger charge is -2.18. The van der Waals surface area contributed by atoms with Crippen molar-refractivity contribution < 1.29 is 28.6 Å². The van der Waals surface area contributed by atoms with E-state index in [9.17, 15) is 14.4 Å². The average Bonchev–Trinajstić information content (AvgIpc) is 3.23. The largest absolute Gasteiger partial charge is 0.462 e. The summed E-state index contributed by atoms with van der Waals surface area (Å²) in [6.07, 6.45) is 54.4. The molecule has 59 heavy (non-hydrogen) atoms. The third-order valence-electron chi connectivity index (χ3n) is 11.5. The number of carbonyl (C=O) groups is 3. The minimum absolute atomic E-state index is 0.0708. The molecule has 0 aliphatic rings. The topological polar surface area (TPSA) is 78.9 Å². The van der Waals surface area contributed by atoms with Crippen LogP contribution in [0.25, 0.3) is 0 Å². The molecule has 0 spiro atoms. The first-order valence-corrected chi connectivity index (χ1v) is 25.8. The predicted molar refractivity (Wildman–Crippen MR) is 252 cm³/mol. The van der Waals surface area contributed by atoms with Crippen molar-refractivity contribution in [1.29, 1.82) is 0 Å². The van der Waals surface area contributed by atoms with Gasteiger partial charge >= 0.3 is 17.9 Å². The average molecular weight is 831 g/mol. The molecule has 6 heteroatoms. The second-order valence-electron chi connectivity index (χ2n) is 17.4. The molecule has 1 atom stereocenters. The number of allylic oxidation sites excluding steroid dienone is 4. The summed E-state index contributed by atoms with van der Waals surface area (Å²) in [4.78, 5) is 37.9. The maximum Gasteiger partial charge on any atom is 0.306 e. The van der Waals surface area contributed by atoms with Crippen molar-refractivity contribution >= 4 is 17.9 Å². The van der Waals surface area contributed by atoms with Crippen LogP contribution < -0.4 is 0 Å². The summed E-state index contributed by atoms with van der Waals surface area (Å²) in [5, 5.41) is 0. The number of rotatable bonds is 47. The van der Waals surface area contributed by atoms with E-state index < -0.39 is 6.10 Å². The van der Waals surface area contributed by atoms with Crippen LogP contribution in [0.2, 0.25) is 0 Å². The van der Waals surface area contributed by atoms with Crippen LogP contribution in [0.5, 0.6) is 0 Å². The first kappa shape index (κ1) is 56.9. The molecule has 0 N–H and O–H groups in total. The van der Waals surface area contributed by atoms with Crippen LogP contribution in [0.15, 0.2) is 24.3 Å². The highest BCUT2D eigenvalue weighted by Gasteiger charge is 2.19. The summed E-state index contributed by atoms with van der Waals surface area (Å²) in [5.41, 5.74) is 0. The number of unbranched alkanes of at least 4 members (excludes halogenated alkanes) is 32. The molecule has 0 aromatic heterocycles. The molecule has 0 aromatic rings. The minimum atomic E-state index is -0.770. The SMILES string of the molecule is CCCC/C=C\C/C=C\CCCCCCCC(=O)OCC(COC(=O)CCCCCCCCCCCCCCC)OC(=O)CCCCCCCCCCCCCCCC. The maximum absolute atomic E-state index is 12.8. The van der Waals surface area contributed by atoms with Gasteiger partial charge in [0.25, 0.3) is 0 Å². The zero-order valence-corrected chi connectivity index (χ0v) is 39.5. The lowest BCUT2D eigenvalue weighted by atomic mass is 10.0. The molecule has 0 aliphatic heterocycles. The van der Waals surface area contributed by atoms with E-state index in [0.717, 1.165) is 77.0 Å². The Hall–Kier alpha value is -2.11. The second kappa shape index (κ2) is 48.6. The van der Waals surface area contributed by atoms with Crippen molar-refractivity contribution in [3.05, 3.63) is 24.3 Å². The Morgan fingerprint density at radius 2 is 0.627 bits per heavy atom. The number of carbonyl (C=O) groups excluding carboxylic acids is 3. The van der Waals surface area contributed by atoms with Crippen LogP contribution in [-0.2, 0) is 28.6 Å². The van der Waals surface area contributed by atoms with Crippen molar-refractivity contribution in [3.63, 3.8) is 0 Å². The Bertz CT molecular complexity index is 958. The van der Waals surface area contributed by atoms with Crippen molar-refractivity contribution in [2.24, 2.45) is 0 Å². The van der Waals surface area contributed by atoms with Crippen molar-refractivity contribution in [2.75, 3.05) is 13.2 Å². The molecule has 0 radical (unpaired) electrons. The van der Waals surface area contributed by atoms with Gasteiger partial charge in [0.2, 0.25) is 0 Å². The van der Waals surface area contributed by atoms with E-state index >= 15 is 0 Å². The number of hydrogen-bond donors (Lipinski definition) is 0. The number of esters is 3. The van der Waals surface area contributed by atoms with E-state index in [1.807, 2.05) is 0 Å². The summed E-state index contributed by atoms with van der Waals surface area (Å²) >= 11 is 0. The summed E-state index contributed by atoms with van der Waals surface area (Å²) in [6.45, 7) is 6.61. The van der Waals surface area contributed by atoms with Gasteiger partial charge in [-0.2, -0.15) is 0 Å². The van der Waals surface area contributed by atoms with Gasteiger partial charge in [0.1, 0.15) is 13.2 Å². The van der Waals surface area contributed by atoms with Crippen LogP contribution in [0.1, 0.15) is 278 Å². The lowest BCUT2D eigenvalue weighted by molar-refractivity contribution is -0.167. The highest BCUT2D eigenvalue weighted by atomic mass is 16.6. The lowest BCUT2D eigenvalue weighted by Crippen LogP contribution is -2.30. The fraction of sp³-hybridized carbons (Fsp3) is 0.868. The molecule has 0 fully saturated rings. The predicted octanol–water partition coefficient (Wildman–Crippen LogP) is 16.8. The van der Waals surface area contributed by atoms with Crippen molar-refractivity contribution in [2.45, 2.75) is 284 Å². The monoisotopic (exact) mass is 831 g/mol. The molecule has 0 aliphatic carbocycles. The van der Waals surface area contributed by atoms with E-state index in [1.54, 1.807) is 0 Å². The van der Waals surface area contributed by atoms with Gasteiger partial charge < -0.3 is 14.2 Å². The molecular formula is C53H98O6. The van der Waals surface area contributed by atoms with Crippen molar-refractivity contribution in [3.8, 4) is 0 Å². The summed E-state index contributed by atoms with van der Waals surface area (Å²) in [7, 11) is 0. The van der Waals surface area contributed by atoms with Gasteiger partial charge in [0.05, 0.1) is 0 Å². The van der Waals surface area contributed by atoms with Crippen LogP contribution >= 0.6 is 0 Å². The smallest absolute Gasteiger partial charge is 0.306 e. The Morgan fingerprint density at radius 1 is 0.339 bits per heavy atom. The highest BCUT2D eigenvalue weighted by Crippen LogP contribution is 2.16. The van der Waals surface area contributed by atoms with Gasteiger partial charge in [0.15, 0.2) is 6.10 Å². The molecule has 0 rings (SSSR count). The summed E-state index contributed by atoms with van der Waals surface area (Å²) in [6, 6.07) is 0. The maximum atomic E-state index is 12.8. The zero-order chi connectivity index (χ0) is 43.0. The van der Waals surface area contributed by atoms with Gasteiger partial charge in [-0.15, -0.1) is 0 Å². The quantitative estimate of drug-likeness (QED) is 0.0263. The molecule has 0 saturated heterocycles. The Labute approximate surface area is 366 Å². The van der Waals surface area contributed by atoms with Crippen molar-refractivity contribution in [1.82, 2.24) is 0 Å². The first-order valence-electron chi connectivity index (χ1n) is 25.8. The third-order valence-corrected chi connectivity index (χ3v) is 11.5. The molecule has 0 bridgehead atoms. The van der Waals surface area contributed by atoms with E-state index in [2.05, 4.69) is 45.1 Å². The second-order valence-corrected chi connectivity index (χ2v) is 17.4. The van der Waals surface area contributed by atoms with Gasteiger partial charge in [-0.05, 0) is 44.9 Å². The van der Waals surface area contributed by atoms with Crippen LogP contribution in [0, 0.1) is 0 Å². The molecule has 0 amide bonds. The Morgan fingerprint density at radius 3 is 0.983 bits per heavy atom. The van der Waals surface area contributed by atoms with E-state index in [4.69, 9.17) is 14.2 Å². The molecule has 0 heterocycles. The number of hydrogen-bond acceptors (Lipinski definition) is 6. The molecule has 1 unspecified atom stereocenters. The van der Waals surface area contributed by atoms with Gasteiger partial charge in [-0.3, -0.25) is 14.4 Å². The van der Waals surface area contributed by atoms with Gasteiger partial charge in [0, 0.05) is 19.3 Å². The molecule has 346 valence electrons. The fourth-order valence-corrected chi connectivity index (χ4v) is 7.52. The summed E-state index contributed by atoms with van der Waals surface area (Å²) < 4.78 is 16.8. The highest BCUT2D eigenvalue weighted by molar-refractivity contribution is 5.71. The number of ether oxygens (including phenoxy) is 3. The Kier molecular flexibility index (Phi) is 46.8. The van der Waals surface area contributed by atoms with Gasteiger partial charge in [-0.25, -0.2) is 0 Å². The molecule has 6 nitrogen and oxygen atoms in total. The van der Waals surface area contributed by atoms with E-state index in [0.29, 0.717) is 19.3 Å². The minimum Gasteiger partial charge on any atom is -0.462 e. The van der Waals surface area contributed by atoms with Crippen LogP contribution in [0.4, 0.5) is 0 Å². The molecular weight excluding hydrogens is 733 g/mol. The summed E-state index contributed by atoms with van der Waals surface area (Å²) in [5.74, 6) is -0.871. The first-order chi connectivity index (χ1) is 29.0.